The molecule has 0 unspecified atom stereocenters. The van der Waals surface area contributed by atoms with Gasteiger partial charge in [-0.25, -0.2) is 4.79 Å². The largest absolute Gasteiger partial charge is 0.480 e. The molecule has 144 valence electrons. The molecule has 0 aromatic heterocycles. The second-order valence-corrected chi connectivity index (χ2v) is 7.78. The number of rotatable bonds is 4. The molecule has 1 aliphatic rings. The van der Waals surface area contributed by atoms with Crippen LogP contribution in [0.4, 0.5) is 13.2 Å². The van der Waals surface area contributed by atoms with Gasteiger partial charge in [0.1, 0.15) is 12.1 Å². The van der Waals surface area contributed by atoms with Crippen molar-refractivity contribution in [2.24, 2.45) is 17.3 Å². The van der Waals surface area contributed by atoms with Crippen LogP contribution in [0.15, 0.2) is 0 Å². The van der Waals surface area contributed by atoms with Crippen molar-refractivity contribution in [2.75, 3.05) is 6.54 Å². The number of carbonyl (C=O) groups is 3. The average Bonchev–Trinajstić information content (AvgIpc) is 2.86. The molecule has 1 aliphatic heterocycles. The first-order valence-electron chi connectivity index (χ1n) is 8.09. The van der Waals surface area contributed by atoms with Crippen LogP contribution in [0, 0.1) is 17.3 Å². The number of nitrogens with one attached hydrogen (secondary N) is 1. The third-order valence-electron chi connectivity index (χ3n) is 4.48. The zero-order chi connectivity index (χ0) is 19.7. The molecular formula is C16H25F3N2O4. The van der Waals surface area contributed by atoms with Crippen LogP contribution >= 0.6 is 0 Å². The Hall–Kier alpha value is -1.80. The minimum atomic E-state index is -5.12. The van der Waals surface area contributed by atoms with Crippen molar-refractivity contribution >= 4 is 17.8 Å². The maximum atomic E-state index is 12.8. The van der Waals surface area contributed by atoms with Gasteiger partial charge in [0.2, 0.25) is 5.91 Å². The van der Waals surface area contributed by atoms with E-state index in [2.05, 4.69) is 0 Å². The lowest BCUT2D eigenvalue weighted by Gasteiger charge is -2.35. The van der Waals surface area contributed by atoms with Gasteiger partial charge in [-0.05, 0) is 23.7 Å². The summed E-state index contributed by atoms with van der Waals surface area (Å²) in [5.41, 5.74) is -1.02. The Labute approximate surface area is 144 Å². The summed E-state index contributed by atoms with van der Waals surface area (Å²) in [6, 6.07) is -2.59. The van der Waals surface area contributed by atoms with Crippen molar-refractivity contribution in [3.05, 3.63) is 0 Å². The standard InChI is InChI=1S/C16H25F3N2O4/c1-8(2)9-6-7-21(10(9)13(23)24)12(22)11(15(3,4)5)20-14(25)16(17,18)19/h8-11H,6-7H2,1-5H3,(H,20,25)(H,23,24)/t9-,10+,11-/m1/s1. The van der Waals surface area contributed by atoms with E-state index in [0.717, 1.165) is 4.90 Å². The molecule has 0 aromatic rings. The summed E-state index contributed by atoms with van der Waals surface area (Å²) in [6.07, 6.45) is -4.67. The number of likely N-dealkylation sites (tertiary alicyclic amines) is 1. The summed E-state index contributed by atoms with van der Waals surface area (Å²) in [7, 11) is 0. The molecule has 1 saturated heterocycles. The molecule has 0 spiro atoms. The van der Waals surface area contributed by atoms with Gasteiger partial charge in [0, 0.05) is 6.54 Å². The first-order chi connectivity index (χ1) is 11.2. The predicted molar refractivity (Wildman–Crippen MR) is 83.5 cm³/mol. The number of aliphatic carboxylic acids is 1. The van der Waals surface area contributed by atoms with Crippen molar-refractivity contribution in [1.82, 2.24) is 10.2 Å². The van der Waals surface area contributed by atoms with E-state index < -0.39 is 41.5 Å². The molecule has 1 heterocycles. The van der Waals surface area contributed by atoms with Crippen molar-refractivity contribution < 1.29 is 32.7 Å². The minimum Gasteiger partial charge on any atom is -0.480 e. The third kappa shape index (κ3) is 4.85. The van der Waals surface area contributed by atoms with Gasteiger partial charge in [-0.15, -0.1) is 0 Å². The number of hydrogen-bond donors (Lipinski definition) is 2. The molecule has 0 aromatic carbocycles. The Morgan fingerprint density at radius 1 is 1.16 bits per heavy atom. The van der Waals surface area contributed by atoms with Crippen molar-refractivity contribution in [3.8, 4) is 0 Å². The first kappa shape index (κ1) is 21.2. The number of alkyl halides is 3. The van der Waals surface area contributed by atoms with Crippen LogP contribution in [0.25, 0.3) is 0 Å². The first-order valence-corrected chi connectivity index (χ1v) is 8.09. The fourth-order valence-electron chi connectivity index (χ4n) is 3.11. The fraction of sp³-hybridized carbons (Fsp3) is 0.812. The van der Waals surface area contributed by atoms with E-state index in [1.165, 1.54) is 20.8 Å². The van der Waals surface area contributed by atoms with Crippen LogP contribution in [-0.2, 0) is 14.4 Å². The zero-order valence-electron chi connectivity index (χ0n) is 15.0. The number of amides is 2. The Kier molecular flexibility index (Phi) is 6.13. The Morgan fingerprint density at radius 3 is 2.04 bits per heavy atom. The van der Waals surface area contributed by atoms with Crippen molar-refractivity contribution in [1.29, 1.82) is 0 Å². The summed E-state index contributed by atoms with van der Waals surface area (Å²) in [5, 5.41) is 11.2. The zero-order valence-corrected chi connectivity index (χ0v) is 15.0. The Morgan fingerprint density at radius 2 is 1.68 bits per heavy atom. The van der Waals surface area contributed by atoms with E-state index >= 15 is 0 Å². The van der Waals surface area contributed by atoms with E-state index in [0.29, 0.717) is 6.42 Å². The highest BCUT2D eigenvalue weighted by molar-refractivity contribution is 5.92. The second-order valence-electron chi connectivity index (χ2n) is 7.78. The van der Waals surface area contributed by atoms with Crippen LogP contribution in [0.1, 0.15) is 41.0 Å². The summed E-state index contributed by atoms with van der Waals surface area (Å²) < 4.78 is 37.7. The fourth-order valence-corrected chi connectivity index (χ4v) is 3.11. The monoisotopic (exact) mass is 366 g/mol. The highest BCUT2D eigenvalue weighted by atomic mass is 19.4. The van der Waals surface area contributed by atoms with Gasteiger partial charge in [0.25, 0.3) is 0 Å². The summed E-state index contributed by atoms with van der Waals surface area (Å²) in [4.78, 5) is 36.8. The topological polar surface area (TPSA) is 86.7 Å². The number of carboxylic acids is 1. The second kappa shape index (κ2) is 7.21. The van der Waals surface area contributed by atoms with Crippen molar-refractivity contribution in [2.45, 2.75) is 59.3 Å². The van der Waals surface area contributed by atoms with E-state index in [1.54, 1.807) is 5.32 Å². The number of nitrogens with zero attached hydrogens (tertiary/aromatic N) is 1. The SMILES string of the molecule is CC(C)[C@H]1CCN(C(=O)[C@@H](NC(=O)C(F)(F)F)C(C)(C)C)[C@@H]1C(=O)O. The molecule has 1 rings (SSSR count). The summed E-state index contributed by atoms with van der Waals surface area (Å²) >= 11 is 0. The van der Waals surface area contributed by atoms with Gasteiger partial charge in [0.05, 0.1) is 0 Å². The average molecular weight is 366 g/mol. The molecule has 0 radical (unpaired) electrons. The molecule has 2 N–H and O–H groups in total. The molecule has 1 fully saturated rings. The normalized spacial score (nSPS) is 22.8. The molecular weight excluding hydrogens is 341 g/mol. The molecule has 3 atom stereocenters. The molecule has 0 saturated carbocycles. The molecule has 2 amide bonds. The van der Waals surface area contributed by atoms with E-state index in [4.69, 9.17) is 0 Å². The minimum absolute atomic E-state index is 0.00301. The van der Waals surface area contributed by atoms with Crippen LogP contribution in [0.3, 0.4) is 0 Å². The van der Waals surface area contributed by atoms with Gasteiger partial charge in [-0.2, -0.15) is 13.2 Å². The lowest BCUT2D eigenvalue weighted by molar-refractivity contribution is -0.176. The van der Waals surface area contributed by atoms with Crippen LogP contribution in [0.2, 0.25) is 0 Å². The third-order valence-corrected chi connectivity index (χ3v) is 4.48. The molecule has 6 nitrogen and oxygen atoms in total. The molecule has 0 bridgehead atoms. The number of hydrogen-bond acceptors (Lipinski definition) is 3. The van der Waals surface area contributed by atoms with Crippen molar-refractivity contribution in [3.63, 3.8) is 0 Å². The van der Waals surface area contributed by atoms with Crippen LogP contribution < -0.4 is 5.32 Å². The Balaban J connectivity index is 3.13. The summed E-state index contributed by atoms with van der Waals surface area (Å²) in [6.45, 7) is 8.34. The van der Waals surface area contributed by atoms with Gasteiger partial charge >= 0.3 is 18.1 Å². The molecule has 25 heavy (non-hydrogen) atoms. The van der Waals surface area contributed by atoms with Crippen LogP contribution in [0.5, 0.6) is 0 Å². The Bertz CT molecular complexity index is 540. The van der Waals surface area contributed by atoms with E-state index in [1.807, 2.05) is 13.8 Å². The van der Waals surface area contributed by atoms with Gasteiger partial charge in [-0.3, -0.25) is 9.59 Å². The maximum Gasteiger partial charge on any atom is 0.471 e. The number of carboxylic acid groups (broad SMARTS) is 1. The van der Waals surface area contributed by atoms with Gasteiger partial charge < -0.3 is 15.3 Å². The lowest BCUT2D eigenvalue weighted by Crippen LogP contribution is -2.59. The quantitative estimate of drug-likeness (QED) is 0.797. The smallest absolute Gasteiger partial charge is 0.471 e. The van der Waals surface area contributed by atoms with E-state index in [9.17, 15) is 32.7 Å². The summed E-state index contributed by atoms with van der Waals surface area (Å²) in [5.74, 6) is -4.51. The highest BCUT2D eigenvalue weighted by Gasteiger charge is 2.49. The molecule has 9 heteroatoms. The number of carbonyl (C=O) groups excluding carboxylic acids is 2. The predicted octanol–water partition coefficient (Wildman–Crippen LogP) is 2.04. The van der Waals surface area contributed by atoms with Crippen LogP contribution in [-0.4, -0.2) is 52.6 Å². The molecule has 0 aliphatic carbocycles. The maximum absolute atomic E-state index is 12.8. The highest BCUT2D eigenvalue weighted by Crippen LogP contribution is 2.33. The van der Waals surface area contributed by atoms with Gasteiger partial charge in [0.15, 0.2) is 0 Å². The lowest BCUT2D eigenvalue weighted by atomic mass is 9.85. The van der Waals surface area contributed by atoms with Gasteiger partial charge in [-0.1, -0.05) is 34.6 Å². The number of halogens is 3. The van der Waals surface area contributed by atoms with E-state index in [-0.39, 0.29) is 18.4 Å².